The van der Waals surface area contributed by atoms with Gasteiger partial charge in [-0.25, -0.2) is 4.39 Å². The highest BCUT2D eigenvalue weighted by Crippen LogP contribution is 2.39. The van der Waals surface area contributed by atoms with Crippen LogP contribution < -0.4 is 0 Å². The van der Waals surface area contributed by atoms with Crippen LogP contribution >= 0.6 is 22.6 Å². The first-order valence-electron chi connectivity index (χ1n) is 5.23. The molecular formula is C10H17FIN. The lowest BCUT2D eigenvalue weighted by Crippen LogP contribution is -2.24. The summed E-state index contributed by atoms with van der Waals surface area (Å²) in [5, 5.41) is 0. The Kier molecular flexibility index (Phi) is 3.46. The second-order valence-corrected chi connectivity index (χ2v) is 5.40. The number of alkyl halides is 2. The van der Waals surface area contributed by atoms with Gasteiger partial charge in [0, 0.05) is 23.4 Å². The third-order valence-electron chi connectivity index (χ3n) is 3.45. The molecule has 0 radical (unpaired) electrons. The lowest BCUT2D eigenvalue weighted by molar-refractivity contribution is 0.234. The third-order valence-corrected chi connectivity index (χ3v) is 4.22. The van der Waals surface area contributed by atoms with Gasteiger partial charge in [-0.2, -0.15) is 0 Å². The molecule has 1 heterocycles. The van der Waals surface area contributed by atoms with Crippen molar-refractivity contribution >= 4 is 22.6 Å². The Morgan fingerprint density at radius 2 is 2.15 bits per heavy atom. The fourth-order valence-electron chi connectivity index (χ4n) is 2.76. The van der Waals surface area contributed by atoms with E-state index in [0.717, 1.165) is 19.4 Å². The van der Waals surface area contributed by atoms with Crippen molar-refractivity contribution in [2.24, 2.45) is 11.8 Å². The molecular weight excluding hydrogens is 280 g/mol. The normalized spacial score (nSPS) is 39.7. The van der Waals surface area contributed by atoms with Gasteiger partial charge in [0.1, 0.15) is 6.17 Å². The maximum Gasteiger partial charge on any atom is 0.104 e. The van der Waals surface area contributed by atoms with Gasteiger partial charge in [0.15, 0.2) is 0 Å². The quantitative estimate of drug-likeness (QED) is 0.571. The van der Waals surface area contributed by atoms with E-state index in [0.29, 0.717) is 11.8 Å². The van der Waals surface area contributed by atoms with Gasteiger partial charge in [0.25, 0.3) is 0 Å². The van der Waals surface area contributed by atoms with E-state index in [2.05, 4.69) is 27.5 Å². The molecule has 2 rings (SSSR count). The van der Waals surface area contributed by atoms with Gasteiger partial charge in [0.05, 0.1) is 0 Å². The summed E-state index contributed by atoms with van der Waals surface area (Å²) in [6.07, 6.45) is 2.73. The summed E-state index contributed by atoms with van der Waals surface area (Å²) in [5.41, 5.74) is 0. The van der Waals surface area contributed by atoms with E-state index in [-0.39, 0.29) is 0 Å². The van der Waals surface area contributed by atoms with Crippen molar-refractivity contribution < 1.29 is 4.39 Å². The zero-order chi connectivity index (χ0) is 9.26. The molecule has 3 unspecified atom stereocenters. The summed E-state index contributed by atoms with van der Waals surface area (Å²) < 4.78 is 14.6. The lowest BCUT2D eigenvalue weighted by atomic mass is 10.0. The molecule has 1 saturated carbocycles. The minimum Gasteiger partial charge on any atom is -0.303 e. The second kappa shape index (κ2) is 4.43. The summed E-state index contributed by atoms with van der Waals surface area (Å²) >= 11 is 2.41. The third kappa shape index (κ3) is 2.17. The predicted molar refractivity (Wildman–Crippen MR) is 61.1 cm³/mol. The van der Waals surface area contributed by atoms with Crippen LogP contribution in [0.1, 0.15) is 19.3 Å². The average molecular weight is 297 g/mol. The van der Waals surface area contributed by atoms with Crippen molar-refractivity contribution in [3.05, 3.63) is 0 Å². The van der Waals surface area contributed by atoms with Crippen LogP contribution in [-0.2, 0) is 0 Å². The van der Waals surface area contributed by atoms with Crippen LogP contribution in [-0.4, -0.2) is 35.1 Å². The molecule has 3 atom stereocenters. The minimum atomic E-state index is -0.491. The van der Waals surface area contributed by atoms with Crippen molar-refractivity contribution in [2.75, 3.05) is 24.1 Å². The standard InChI is InChI=1S/C10H17FIN/c11-10-3-2-8-6-13(5-1-4-12)7-9(8)10/h8-10H,1-7H2. The highest BCUT2D eigenvalue weighted by Gasteiger charge is 2.42. The Morgan fingerprint density at radius 1 is 1.31 bits per heavy atom. The molecule has 0 amide bonds. The number of hydrogen-bond donors (Lipinski definition) is 0. The molecule has 1 aliphatic carbocycles. The minimum absolute atomic E-state index is 0.384. The summed E-state index contributed by atoms with van der Waals surface area (Å²) in [6, 6.07) is 0. The molecule has 0 spiro atoms. The van der Waals surface area contributed by atoms with Crippen LogP contribution in [0.25, 0.3) is 0 Å². The Balaban J connectivity index is 1.81. The molecule has 2 fully saturated rings. The first kappa shape index (κ1) is 10.1. The highest BCUT2D eigenvalue weighted by molar-refractivity contribution is 14.1. The second-order valence-electron chi connectivity index (χ2n) is 4.32. The first-order valence-corrected chi connectivity index (χ1v) is 6.76. The van der Waals surface area contributed by atoms with Gasteiger partial charge in [-0.15, -0.1) is 0 Å². The van der Waals surface area contributed by atoms with Crippen molar-refractivity contribution in [1.29, 1.82) is 0 Å². The van der Waals surface area contributed by atoms with E-state index in [1.165, 1.54) is 23.9 Å². The van der Waals surface area contributed by atoms with Gasteiger partial charge in [0.2, 0.25) is 0 Å². The largest absolute Gasteiger partial charge is 0.303 e. The summed E-state index contributed by atoms with van der Waals surface area (Å²) in [5.74, 6) is 1.07. The molecule has 3 heteroatoms. The zero-order valence-electron chi connectivity index (χ0n) is 7.88. The van der Waals surface area contributed by atoms with E-state index in [1.807, 2.05) is 0 Å². The highest BCUT2D eigenvalue weighted by atomic mass is 127. The lowest BCUT2D eigenvalue weighted by Gasteiger charge is -2.16. The predicted octanol–water partition coefficient (Wildman–Crippen LogP) is 2.49. The maximum atomic E-state index is 13.3. The van der Waals surface area contributed by atoms with Crippen LogP contribution in [0, 0.1) is 11.8 Å². The summed E-state index contributed by atoms with van der Waals surface area (Å²) in [6.45, 7) is 3.38. The Labute approximate surface area is 93.2 Å². The topological polar surface area (TPSA) is 3.24 Å². The Morgan fingerprint density at radius 3 is 2.85 bits per heavy atom. The smallest absolute Gasteiger partial charge is 0.104 e. The molecule has 0 N–H and O–H groups in total. The molecule has 0 aromatic heterocycles. The van der Waals surface area contributed by atoms with E-state index in [9.17, 15) is 4.39 Å². The van der Waals surface area contributed by atoms with Crippen molar-refractivity contribution in [2.45, 2.75) is 25.4 Å². The molecule has 13 heavy (non-hydrogen) atoms. The monoisotopic (exact) mass is 297 g/mol. The SMILES string of the molecule is FC1CCC2CN(CCCI)CC12. The zero-order valence-corrected chi connectivity index (χ0v) is 10.0. The van der Waals surface area contributed by atoms with Crippen molar-refractivity contribution in [1.82, 2.24) is 4.90 Å². The molecule has 76 valence electrons. The Bertz CT molecular complexity index is 176. The fourth-order valence-corrected chi connectivity index (χ4v) is 3.10. The summed E-state index contributed by atoms with van der Waals surface area (Å²) in [4.78, 5) is 2.46. The molecule has 1 aliphatic heterocycles. The van der Waals surface area contributed by atoms with Gasteiger partial charge in [-0.1, -0.05) is 22.6 Å². The average Bonchev–Trinajstić information content (AvgIpc) is 2.65. The maximum absolute atomic E-state index is 13.3. The number of fused-ring (bicyclic) bond motifs is 1. The fraction of sp³-hybridized carbons (Fsp3) is 1.00. The Hall–Kier alpha value is 0.620. The number of likely N-dealkylation sites (tertiary alicyclic amines) is 1. The van der Waals surface area contributed by atoms with Crippen LogP contribution in [0.4, 0.5) is 4.39 Å². The van der Waals surface area contributed by atoms with E-state index in [4.69, 9.17) is 0 Å². The molecule has 0 bridgehead atoms. The van der Waals surface area contributed by atoms with Crippen LogP contribution in [0.2, 0.25) is 0 Å². The van der Waals surface area contributed by atoms with E-state index >= 15 is 0 Å². The van der Waals surface area contributed by atoms with Gasteiger partial charge in [-0.3, -0.25) is 0 Å². The van der Waals surface area contributed by atoms with Crippen molar-refractivity contribution in [3.8, 4) is 0 Å². The molecule has 1 nitrogen and oxygen atoms in total. The molecule has 0 aromatic rings. The van der Waals surface area contributed by atoms with E-state index < -0.39 is 6.17 Å². The number of nitrogens with zero attached hydrogens (tertiary/aromatic N) is 1. The molecule has 2 aliphatic rings. The molecule has 1 saturated heterocycles. The van der Waals surface area contributed by atoms with Crippen LogP contribution in [0.15, 0.2) is 0 Å². The van der Waals surface area contributed by atoms with Crippen LogP contribution in [0.3, 0.4) is 0 Å². The molecule has 0 aromatic carbocycles. The number of rotatable bonds is 3. The van der Waals surface area contributed by atoms with Gasteiger partial charge in [-0.05, 0) is 31.7 Å². The summed E-state index contributed by atoms with van der Waals surface area (Å²) in [7, 11) is 0. The number of halogens is 2. The van der Waals surface area contributed by atoms with Crippen LogP contribution in [0.5, 0.6) is 0 Å². The first-order chi connectivity index (χ1) is 6.31. The van der Waals surface area contributed by atoms with Crippen molar-refractivity contribution in [3.63, 3.8) is 0 Å². The van der Waals surface area contributed by atoms with Gasteiger partial charge >= 0.3 is 0 Å². The number of hydrogen-bond acceptors (Lipinski definition) is 1. The van der Waals surface area contributed by atoms with Gasteiger partial charge < -0.3 is 4.90 Å². The van der Waals surface area contributed by atoms with E-state index in [1.54, 1.807) is 0 Å².